The Morgan fingerprint density at radius 1 is 0.958 bits per heavy atom. The number of hydrogen-bond donors (Lipinski definition) is 0. The monoisotopic (exact) mass is 346 g/mol. The zero-order valence-corrected chi connectivity index (χ0v) is 14.4. The van der Waals surface area contributed by atoms with Crippen molar-refractivity contribution in [1.82, 2.24) is 0 Å². The quantitative estimate of drug-likeness (QED) is 0.531. The van der Waals surface area contributed by atoms with Crippen LogP contribution in [-0.4, -0.2) is 17.6 Å². The van der Waals surface area contributed by atoms with E-state index < -0.39 is 29.1 Å². The van der Waals surface area contributed by atoms with Crippen LogP contribution in [-0.2, 0) is 4.79 Å². The SMILES string of the molecule is C[C@]12CCC(=O)C[C@@H]1CC(F)(F)[C@@H]1[C@@H]2CC[C@@]2(C)[C@H]1CCC2(F)F. The second-order valence-electron chi connectivity index (χ2n) is 9.35. The number of alkyl halides is 4. The number of rotatable bonds is 0. The van der Waals surface area contributed by atoms with Crippen molar-refractivity contribution in [2.45, 2.75) is 77.1 Å². The molecule has 24 heavy (non-hydrogen) atoms. The lowest BCUT2D eigenvalue weighted by molar-refractivity contribution is -0.245. The van der Waals surface area contributed by atoms with E-state index in [0.29, 0.717) is 25.7 Å². The topological polar surface area (TPSA) is 17.1 Å². The highest BCUT2D eigenvalue weighted by Gasteiger charge is 2.71. The van der Waals surface area contributed by atoms with Crippen molar-refractivity contribution < 1.29 is 22.4 Å². The van der Waals surface area contributed by atoms with Crippen LogP contribution in [0.15, 0.2) is 0 Å². The van der Waals surface area contributed by atoms with Crippen LogP contribution in [0.1, 0.15) is 65.2 Å². The number of Topliss-reactive ketones (excluding diaryl/α,β-unsaturated/α-hetero) is 1. The zero-order valence-electron chi connectivity index (χ0n) is 14.4. The Morgan fingerprint density at radius 2 is 1.62 bits per heavy atom. The molecule has 0 N–H and O–H groups in total. The summed E-state index contributed by atoms with van der Waals surface area (Å²) in [6, 6.07) is 0. The van der Waals surface area contributed by atoms with E-state index in [4.69, 9.17) is 0 Å². The molecule has 0 aliphatic heterocycles. The predicted molar refractivity (Wildman–Crippen MR) is 82.0 cm³/mol. The lowest BCUT2D eigenvalue weighted by atomic mass is 9.44. The third kappa shape index (κ3) is 1.96. The van der Waals surface area contributed by atoms with Crippen LogP contribution < -0.4 is 0 Å². The maximum Gasteiger partial charge on any atom is 0.253 e. The molecule has 1 nitrogen and oxygen atoms in total. The van der Waals surface area contributed by atoms with Gasteiger partial charge in [-0.15, -0.1) is 0 Å². The molecule has 5 heteroatoms. The molecule has 4 saturated carbocycles. The second-order valence-corrected chi connectivity index (χ2v) is 9.35. The van der Waals surface area contributed by atoms with Crippen molar-refractivity contribution in [3.63, 3.8) is 0 Å². The Morgan fingerprint density at radius 3 is 2.33 bits per heavy atom. The maximum absolute atomic E-state index is 15.1. The van der Waals surface area contributed by atoms with Gasteiger partial charge < -0.3 is 0 Å². The van der Waals surface area contributed by atoms with Crippen molar-refractivity contribution in [3.05, 3.63) is 0 Å². The molecule has 136 valence electrons. The lowest BCUT2D eigenvalue weighted by Crippen LogP contribution is -2.61. The van der Waals surface area contributed by atoms with Gasteiger partial charge in [0, 0.05) is 37.0 Å². The Bertz CT molecular complexity index is 574. The number of ketones is 1. The minimum Gasteiger partial charge on any atom is -0.300 e. The summed E-state index contributed by atoms with van der Waals surface area (Å²) in [5, 5.41) is 0. The molecule has 0 amide bonds. The minimum absolute atomic E-state index is 0.0831. The molecule has 4 aliphatic rings. The second kappa shape index (κ2) is 4.76. The third-order valence-corrected chi connectivity index (χ3v) is 8.47. The fourth-order valence-electron chi connectivity index (χ4n) is 6.88. The normalized spacial score (nSPS) is 52.3. The van der Waals surface area contributed by atoms with Gasteiger partial charge >= 0.3 is 0 Å². The summed E-state index contributed by atoms with van der Waals surface area (Å²) >= 11 is 0. The van der Waals surface area contributed by atoms with Gasteiger partial charge in [-0.25, -0.2) is 17.6 Å². The van der Waals surface area contributed by atoms with E-state index in [1.807, 2.05) is 6.92 Å². The Kier molecular flexibility index (Phi) is 3.34. The molecule has 0 saturated heterocycles. The fourth-order valence-corrected chi connectivity index (χ4v) is 6.88. The van der Waals surface area contributed by atoms with E-state index in [2.05, 4.69) is 0 Å². The molecule has 4 aliphatic carbocycles. The first-order valence-electron chi connectivity index (χ1n) is 9.29. The van der Waals surface area contributed by atoms with E-state index in [1.54, 1.807) is 0 Å². The summed E-state index contributed by atoms with van der Waals surface area (Å²) in [4.78, 5) is 11.8. The van der Waals surface area contributed by atoms with Crippen molar-refractivity contribution in [3.8, 4) is 0 Å². The molecule has 0 spiro atoms. The molecular weight excluding hydrogens is 320 g/mol. The zero-order chi connectivity index (χ0) is 17.5. The first-order valence-corrected chi connectivity index (χ1v) is 9.29. The van der Waals surface area contributed by atoms with Crippen LogP contribution in [0.25, 0.3) is 0 Å². The molecule has 0 heterocycles. The van der Waals surface area contributed by atoms with Gasteiger partial charge in [0.05, 0.1) is 0 Å². The Labute approximate surface area is 140 Å². The minimum atomic E-state index is -2.93. The van der Waals surface area contributed by atoms with Gasteiger partial charge in [-0.05, 0) is 48.9 Å². The summed E-state index contributed by atoms with van der Waals surface area (Å²) in [6.07, 6.45) is 1.78. The number of hydrogen-bond acceptors (Lipinski definition) is 1. The first-order chi connectivity index (χ1) is 11.0. The molecule has 4 rings (SSSR count). The van der Waals surface area contributed by atoms with E-state index in [0.717, 1.165) is 0 Å². The van der Waals surface area contributed by atoms with Gasteiger partial charge in [0.15, 0.2) is 0 Å². The maximum atomic E-state index is 15.1. The van der Waals surface area contributed by atoms with E-state index in [-0.39, 0.29) is 48.7 Å². The van der Waals surface area contributed by atoms with Gasteiger partial charge in [-0.2, -0.15) is 0 Å². The van der Waals surface area contributed by atoms with Crippen LogP contribution in [0.5, 0.6) is 0 Å². The number of carbonyl (C=O) groups is 1. The van der Waals surface area contributed by atoms with Crippen molar-refractivity contribution in [1.29, 1.82) is 0 Å². The highest BCUT2D eigenvalue weighted by molar-refractivity contribution is 5.79. The van der Waals surface area contributed by atoms with Gasteiger partial charge in [0.2, 0.25) is 0 Å². The Hall–Kier alpha value is -0.610. The molecule has 0 unspecified atom stereocenters. The van der Waals surface area contributed by atoms with Crippen LogP contribution in [0.4, 0.5) is 17.6 Å². The summed E-state index contributed by atoms with van der Waals surface area (Å²) < 4.78 is 59.2. The molecule has 6 atom stereocenters. The summed E-state index contributed by atoms with van der Waals surface area (Å²) in [5.41, 5.74) is -1.58. The average molecular weight is 346 g/mol. The number of carbonyl (C=O) groups excluding carboxylic acids is 1. The van der Waals surface area contributed by atoms with E-state index in [1.165, 1.54) is 6.92 Å². The standard InChI is InChI=1S/C19H26F4O/c1-16-6-3-12(24)9-11(16)10-18(20,21)15-13(16)4-7-17(2)14(15)5-8-19(17,22)23/h11,13-15H,3-10H2,1-2H3/t11-,13+,14+,15-,16+,17+/m1/s1. The van der Waals surface area contributed by atoms with Crippen molar-refractivity contribution in [2.75, 3.05) is 0 Å². The van der Waals surface area contributed by atoms with Crippen molar-refractivity contribution in [2.24, 2.45) is 34.5 Å². The predicted octanol–water partition coefficient (Wildman–Crippen LogP) is 5.48. The summed E-state index contributed by atoms with van der Waals surface area (Å²) in [5.74, 6) is -7.75. The lowest BCUT2D eigenvalue weighted by Gasteiger charge is -2.61. The van der Waals surface area contributed by atoms with Crippen LogP contribution >= 0.6 is 0 Å². The summed E-state index contributed by atoms with van der Waals surface area (Å²) in [6.45, 7) is 3.59. The highest BCUT2D eigenvalue weighted by atomic mass is 19.3. The first kappa shape index (κ1) is 16.8. The van der Waals surface area contributed by atoms with Gasteiger partial charge in [-0.3, -0.25) is 4.79 Å². The number of halogens is 4. The average Bonchev–Trinajstić information content (AvgIpc) is 2.71. The van der Waals surface area contributed by atoms with Gasteiger partial charge in [0.1, 0.15) is 5.78 Å². The Balaban J connectivity index is 1.75. The van der Waals surface area contributed by atoms with Crippen LogP contribution in [0.3, 0.4) is 0 Å². The van der Waals surface area contributed by atoms with Crippen LogP contribution in [0.2, 0.25) is 0 Å². The van der Waals surface area contributed by atoms with Gasteiger partial charge in [0.25, 0.3) is 11.8 Å². The fraction of sp³-hybridized carbons (Fsp3) is 0.947. The smallest absolute Gasteiger partial charge is 0.253 e. The van der Waals surface area contributed by atoms with E-state index >= 15 is 8.78 Å². The van der Waals surface area contributed by atoms with Crippen LogP contribution in [0, 0.1) is 34.5 Å². The van der Waals surface area contributed by atoms with E-state index in [9.17, 15) is 13.6 Å². The molecule has 0 radical (unpaired) electrons. The largest absolute Gasteiger partial charge is 0.300 e. The highest BCUT2D eigenvalue weighted by Crippen LogP contribution is 2.71. The molecule has 0 aromatic rings. The number of fused-ring (bicyclic) bond motifs is 5. The molecule has 4 fully saturated rings. The summed E-state index contributed by atoms with van der Waals surface area (Å²) in [7, 11) is 0. The van der Waals surface area contributed by atoms with Gasteiger partial charge in [-0.1, -0.05) is 13.8 Å². The van der Waals surface area contributed by atoms with Crippen molar-refractivity contribution >= 4 is 5.78 Å². The molecule has 0 aromatic heterocycles. The molecule has 0 aromatic carbocycles. The molecular formula is C19H26F4O. The third-order valence-electron chi connectivity index (χ3n) is 8.47. The molecule has 0 bridgehead atoms.